The molecule has 0 saturated heterocycles. The minimum absolute atomic E-state index is 0.141. The lowest BCUT2D eigenvalue weighted by Crippen LogP contribution is -2.24. The number of anilines is 1. The average molecular weight is 263 g/mol. The van der Waals surface area contributed by atoms with Crippen LogP contribution in [0.1, 0.15) is 24.2 Å². The van der Waals surface area contributed by atoms with Gasteiger partial charge < -0.3 is 11.1 Å². The van der Waals surface area contributed by atoms with Gasteiger partial charge in [0.25, 0.3) is 0 Å². The zero-order valence-electron chi connectivity index (χ0n) is 10.1. The highest BCUT2D eigenvalue weighted by molar-refractivity contribution is 6.31. The fourth-order valence-electron chi connectivity index (χ4n) is 1.83. The Morgan fingerprint density at radius 2 is 2.22 bits per heavy atom. The van der Waals surface area contributed by atoms with Crippen molar-refractivity contribution in [1.29, 1.82) is 0 Å². The van der Waals surface area contributed by atoms with Gasteiger partial charge in [-0.25, -0.2) is 0 Å². The number of aromatic nitrogens is 2. The van der Waals surface area contributed by atoms with E-state index in [9.17, 15) is 0 Å². The molecule has 3 N–H and O–H groups in total. The molecule has 2 aromatic rings. The summed E-state index contributed by atoms with van der Waals surface area (Å²) in [4.78, 5) is 8.45. The van der Waals surface area contributed by atoms with E-state index in [4.69, 9.17) is 17.3 Å². The number of hydrogen-bond donors (Lipinski definition) is 2. The molecule has 1 atom stereocenters. The molecule has 0 spiro atoms. The number of pyridine rings is 2. The van der Waals surface area contributed by atoms with E-state index in [0.29, 0.717) is 10.7 Å². The second kappa shape index (κ2) is 5.80. The number of nitrogens with zero attached hydrogens (tertiary/aromatic N) is 2. The summed E-state index contributed by atoms with van der Waals surface area (Å²) in [6, 6.07) is 5.26. The molecule has 0 radical (unpaired) electrons. The summed E-state index contributed by atoms with van der Waals surface area (Å²) in [6.45, 7) is 2.81. The molecule has 0 amide bonds. The SMILES string of the molecule is CCNC(c1cnccc1N)c1ncccc1Cl. The molecule has 18 heavy (non-hydrogen) atoms. The van der Waals surface area contributed by atoms with Gasteiger partial charge in [0.1, 0.15) is 0 Å². The number of hydrogen-bond acceptors (Lipinski definition) is 4. The van der Waals surface area contributed by atoms with Crippen LogP contribution in [0.15, 0.2) is 36.8 Å². The molecule has 1 unspecified atom stereocenters. The lowest BCUT2D eigenvalue weighted by atomic mass is 10.0. The van der Waals surface area contributed by atoms with E-state index < -0.39 is 0 Å². The van der Waals surface area contributed by atoms with Crippen LogP contribution in [0.2, 0.25) is 5.02 Å². The summed E-state index contributed by atoms with van der Waals surface area (Å²) < 4.78 is 0. The van der Waals surface area contributed by atoms with Crippen molar-refractivity contribution in [3.63, 3.8) is 0 Å². The zero-order valence-corrected chi connectivity index (χ0v) is 10.9. The highest BCUT2D eigenvalue weighted by atomic mass is 35.5. The summed E-state index contributed by atoms with van der Waals surface area (Å²) in [5.41, 5.74) is 8.32. The third kappa shape index (κ3) is 2.60. The van der Waals surface area contributed by atoms with E-state index in [1.54, 1.807) is 30.7 Å². The topological polar surface area (TPSA) is 63.8 Å². The lowest BCUT2D eigenvalue weighted by molar-refractivity contribution is 0.615. The van der Waals surface area contributed by atoms with Crippen LogP contribution in [0.4, 0.5) is 5.69 Å². The van der Waals surface area contributed by atoms with E-state index in [0.717, 1.165) is 17.8 Å². The monoisotopic (exact) mass is 262 g/mol. The number of nitrogen functional groups attached to an aromatic ring is 1. The molecular weight excluding hydrogens is 248 g/mol. The summed E-state index contributed by atoms with van der Waals surface area (Å²) in [7, 11) is 0. The molecular formula is C13H15ClN4. The number of rotatable bonds is 4. The van der Waals surface area contributed by atoms with Crippen molar-refractivity contribution in [3.8, 4) is 0 Å². The first-order valence-corrected chi connectivity index (χ1v) is 6.15. The first-order chi connectivity index (χ1) is 8.74. The normalized spacial score (nSPS) is 12.3. The molecule has 4 nitrogen and oxygen atoms in total. The van der Waals surface area contributed by atoms with Gasteiger partial charge in [-0.2, -0.15) is 0 Å². The second-order valence-corrected chi connectivity index (χ2v) is 4.27. The fourth-order valence-corrected chi connectivity index (χ4v) is 2.06. The highest BCUT2D eigenvalue weighted by Crippen LogP contribution is 2.28. The van der Waals surface area contributed by atoms with Gasteiger partial charge in [-0.15, -0.1) is 0 Å². The molecule has 0 aliphatic heterocycles. The molecule has 2 rings (SSSR count). The van der Waals surface area contributed by atoms with Gasteiger partial charge in [0.05, 0.1) is 16.8 Å². The van der Waals surface area contributed by atoms with Gasteiger partial charge in [0.15, 0.2) is 0 Å². The van der Waals surface area contributed by atoms with E-state index in [1.165, 1.54) is 0 Å². The molecule has 0 saturated carbocycles. The Kier molecular flexibility index (Phi) is 4.12. The predicted molar refractivity (Wildman–Crippen MR) is 73.4 cm³/mol. The number of nitrogens with one attached hydrogen (secondary N) is 1. The van der Waals surface area contributed by atoms with Crippen LogP contribution in [0.5, 0.6) is 0 Å². The van der Waals surface area contributed by atoms with Crippen molar-refractivity contribution in [1.82, 2.24) is 15.3 Å². The minimum atomic E-state index is -0.141. The van der Waals surface area contributed by atoms with E-state index in [2.05, 4.69) is 15.3 Å². The minimum Gasteiger partial charge on any atom is -0.398 e. The summed E-state index contributed by atoms with van der Waals surface area (Å²) in [6.07, 6.45) is 5.13. The van der Waals surface area contributed by atoms with Crippen LogP contribution in [-0.2, 0) is 0 Å². The molecule has 0 fully saturated rings. The van der Waals surface area contributed by atoms with E-state index in [1.807, 2.05) is 13.0 Å². The zero-order chi connectivity index (χ0) is 13.0. The Morgan fingerprint density at radius 3 is 2.89 bits per heavy atom. The fraction of sp³-hybridized carbons (Fsp3) is 0.231. The van der Waals surface area contributed by atoms with Crippen molar-refractivity contribution in [2.24, 2.45) is 0 Å². The smallest absolute Gasteiger partial charge is 0.0805 e. The largest absolute Gasteiger partial charge is 0.398 e. The first-order valence-electron chi connectivity index (χ1n) is 5.77. The maximum atomic E-state index is 6.19. The average Bonchev–Trinajstić information content (AvgIpc) is 2.38. The van der Waals surface area contributed by atoms with Crippen molar-refractivity contribution in [2.75, 3.05) is 12.3 Å². The summed E-state index contributed by atoms with van der Waals surface area (Å²) >= 11 is 6.19. The van der Waals surface area contributed by atoms with Crippen LogP contribution in [-0.4, -0.2) is 16.5 Å². The Hall–Kier alpha value is -1.65. The summed E-state index contributed by atoms with van der Waals surface area (Å²) in [5.74, 6) is 0. The Balaban J connectivity index is 2.47. The van der Waals surface area contributed by atoms with Crippen molar-refractivity contribution >= 4 is 17.3 Å². The van der Waals surface area contributed by atoms with Crippen LogP contribution >= 0.6 is 11.6 Å². The van der Waals surface area contributed by atoms with E-state index in [-0.39, 0.29) is 6.04 Å². The van der Waals surface area contributed by atoms with Crippen molar-refractivity contribution < 1.29 is 0 Å². The van der Waals surface area contributed by atoms with E-state index >= 15 is 0 Å². The molecule has 94 valence electrons. The van der Waals surface area contributed by atoms with Gasteiger partial charge in [0, 0.05) is 29.8 Å². The Morgan fingerprint density at radius 1 is 1.39 bits per heavy atom. The van der Waals surface area contributed by atoms with Crippen molar-refractivity contribution in [2.45, 2.75) is 13.0 Å². The Labute approximate surface area is 111 Å². The lowest BCUT2D eigenvalue weighted by Gasteiger charge is -2.19. The Bertz CT molecular complexity index is 484. The van der Waals surface area contributed by atoms with Crippen LogP contribution in [0.25, 0.3) is 0 Å². The quantitative estimate of drug-likeness (QED) is 0.888. The maximum absolute atomic E-state index is 6.19. The molecule has 0 aliphatic rings. The van der Waals surface area contributed by atoms with Gasteiger partial charge >= 0.3 is 0 Å². The van der Waals surface area contributed by atoms with Gasteiger partial charge in [-0.1, -0.05) is 18.5 Å². The molecule has 0 bridgehead atoms. The van der Waals surface area contributed by atoms with Crippen molar-refractivity contribution in [3.05, 3.63) is 53.1 Å². The predicted octanol–water partition coefficient (Wildman–Crippen LogP) is 2.41. The standard InChI is InChI=1S/C13H15ClN4/c1-2-17-12(9-8-16-7-5-11(9)15)13-10(14)4-3-6-18-13/h3-8,12,17H,2H2,1H3,(H2,15,16). The number of nitrogens with two attached hydrogens (primary N) is 1. The van der Waals surface area contributed by atoms with Crippen LogP contribution in [0, 0.1) is 0 Å². The molecule has 2 aromatic heterocycles. The molecule has 5 heteroatoms. The highest BCUT2D eigenvalue weighted by Gasteiger charge is 2.19. The van der Waals surface area contributed by atoms with Crippen LogP contribution in [0.3, 0.4) is 0 Å². The summed E-state index contributed by atoms with van der Waals surface area (Å²) in [5, 5.41) is 3.95. The third-order valence-electron chi connectivity index (χ3n) is 2.67. The van der Waals surface area contributed by atoms with Gasteiger partial charge in [-0.3, -0.25) is 9.97 Å². The van der Waals surface area contributed by atoms with Gasteiger partial charge in [-0.05, 0) is 24.7 Å². The second-order valence-electron chi connectivity index (χ2n) is 3.87. The molecule has 2 heterocycles. The van der Waals surface area contributed by atoms with Crippen LogP contribution < -0.4 is 11.1 Å². The maximum Gasteiger partial charge on any atom is 0.0805 e. The first kappa shape index (κ1) is 12.8. The molecule has 0 aliphatic carbocycles. The van der Waals surface area contributed by atoms with Gasteiger partial charge in [0.2, 0.25) is 0 Å². The third-order valence-corrected chi connectivity index (χ3v) is 2.99. The molecule has 0 aromatic carbocycles. The number of halogens is 1.